The fourth-order valence-electron chi connectivity index (χ4n) is 1.76. The van der Waals surface area contributed by atoms with Crippen LogP contribution in [0.25, 0.3) is 0 Å². The molecule has 0 heterocycles. The van der Waals surface area contributed by atoms with Gasteiger partial charge in [-0.15, -0.1) is 0 Å². The summed E-state index contributed by atoms with van der Waals surface area (Å²) in [7, 11) is 0. The van der Waals surface area contributed by atoms with E-state index in [1.807, 2.05) is 0 Å². The molecule has 0 radical (unpaired) electrons. The molecule has 5 N–H and O–H groups in total. The van der Waals surface area contributed by atoms with Gasteiger partial charge in [0.25, 0.3) is 0 Å². The highest BCUT2D eigenvalue weighted by Crippen LogP contribution is 2.18. The summed E-state index contributed by atoms with van der Waals surface area (Å²) in [6.07, 6.45) is 2.66. The quantitative estimate of drug-likeness (QED) is 0.377. The van der Waals surface area contributed by atoms with Gasteiger partial charge in [0.05, 0.1) is 23.7 Å². The zero-order valence-electron chi connectivity index (χ0n) is 9.44. The number of rotatable bonds is 3. The van der Waals surface area contributed by atoms with E-state index in [-0.39, 0.29) is 17.6 Å². The summed E-state index contributed by atoms with van der Waals surface area (Å²) in [5.74, 6) is -1.54. The molecule has 1 fully saturated rings. The Bertz CT molecular complexity index is 322. The first-order valence-corrected chi connectivity index (χ1v) is 5.96. The molecule has 1 rings (SSSR count). The van der Waals surface area contributed by atoms with Crippen LogP contribution >= 0.6 is 12.2 Å². The predicted octanol–water partition coefficient (Wildman–Crippen LogP) is -1.19. The third-order valence-corrected chi connectivity index (χ3v) is 2.82. The smallest absolute Gasteiger partial charge is 0.309 e. The van der Waals surface area contributed by atoms with Gasteiger partial charge in [0.2, 0.25) is 0 Å². The predicted molar refractivity (Wildman–Crippen MR) is 66.2 cm³/mol. The largest absolute Gasteiger partial charge is 0.392 e. The number of carbonyl (C=O) groups excluding carboxylic acids is 2. The van der Waals surface area contributed by atoms with E-state index in [1.54, 1.807) is 0 Å². The Hall–Kier alpha value is -1.21. The molecule has 6 nitrogen and oxygen atoms in total. The van der Waals surface area contributed by atoms with Crippen molar-refractivity contribution in [3.63, 3.8) is 0 Å². The summed E-state index contributed by atoms with van der Waals surface area (Å²) < 4.78 is 0. The van der Waals surface area contributed by atoms with Gasteiger partial charge < -0.3 is 21.5 Å². The van der Waals surface area contributed by atoms with Crippen molar-refractivity contribution in [1.29, 1.82) is 0 Å². The van der Waals surface area contributed by atoms with Gasteiger partial charge >= 0.3 is 11.8 Å². The molecular weight excluding hydrogens is 242 g/mol. The van der Waals surface area contributed by atoms with Crippen LogP contribution in [-0.2, 0) is 9.59 Å². The molecular formula is C10H17N3O3S. The molecule has 2 unspecified atom stereocenters. The van der Waals surface area contributed by atoms with Crippen LogP contribution in [0.2, 0.25) is 0 Å². The Labute approximate surface area is 105 Å². The van der Waals surface area contributed by atoms with E-state index >= 15 is 0 Å². The Morgan fingerprint density at radius 1 is 1.29 bits per heavy atom. The van der Waals surface area contributed by atoms with Crippen molar-refractivity contribution in [3.05, 3.63) is 0 Å². The maximum absolute atomic E-state index is 11.5. The molecule has 1 aliphatic rings. The van der Waals surface area contributed by atoms with Crippen molar-refractivity contribution in [3.8, 4) is 0 Å². The van der Waals surface area contributed by atoms with Gasteiger partial charge in [0, 0.05) is 0 Å². The number of hydrogen-bond donors (Lipinski definition) is 4. The van der Waals surface area contributed by atoms with E-state index in [4.69, 9.17) is 5.73 Å². The number of aliphatic hydroxyl groups is 1. The average Bonchev–Trinajstić information content (AvgIpc) is 2.28. The van der Waals surface area contributed by atoms with Crippen molar-refractivity contribution in [1.82, 2.24) is 10.6 Å². The average molecular weight is 259 g/mol. The Kier molecular flexibility index (Phi) is 5.30. The zero-order valence-corrected chi connectivity index (χ0v) is 10.3. The minimum Gasteiger partial charge on any atom is -0.392 e. The van der Waals surface area contributed by atoms with Gasteiger partial charge in [0.15, 0.2) is 0 Å². The van der Waals surface area contributed by atoms with Crippen LogP contribution in [0.15, 0.2) is 0 Å². The highest BCUT2D eigenvalue weighted by atomic mass is 32.1. The number of nitrogens with two attached hydrogens (primary N) is 1. The van der Waals surface area contributed by atoms with E-state index in [0.717, 1.165) is 12.8 Å². The zero-order chi connectivity index (χ0) is 12.8. The van der Waals surface area contributed by atoms with Crippen molar-refractivity contribution < 1.29 is 14.7 Å². The number of amides is 2. The molecule has 1 saturated carbocycles. The van der Waals surface area contributed by atoms with Crippen molar-refractivity contribution in [2.24, 2.45) is 5.73 Å². The lowest BCUT2D eigenvalue weighted by Gasteiger charge is -2.27. The molecule has 0 bridgehead atoms. The minimum atomic E-state index is -0.782. The van der Waals surface area contributed by atoms with Gasteiger partial charge in [-0.25, -0.2) is 0 Å². The molecule has 0 aliphatic heterocycles. The van der Waals surface area contributed by atoms with Gasteiger partial charge in [-0.05, 0) is 12.8 Å². The van der Waals surface area contributed by atoms with Crippen molar-refractivity contribution in [2.45, 2.75) is 37.8 Å². The maximum atomic E-state index is 11.5. The molecule has 0 spiro atoms. The topological polar surface area (TPSA) is 104 Å². The van der Waals surface area contributed by atoms with Crippen LogP contribution in [0, 0.1) is 0 Å². The SMILES string of the molecule is NC(=S)CNC(=O)C(=O)NC1CCCCC1O. The Morgan fingerprint density at radius 3 is 2.53 bits per heavy atom. The molecule has 17 heavy (non-hydrogen) atoms. The number of aliphatic hydroxyl groups excluding tert-OH is 1. The molecule has 96 valence electrons. The molecule has 0 aromatic rings. The van der Waals surface area contributed by atoms with Gasteiger partial charge in [-0.3, -0.25) is 9.59 Å². The third kappa shape index (κ3) is 4.66. The van der Waals surface area contributed by atoms with E-state index < -0.39 is 17.9 Å². The summed E-state index contributed by atoms with van der Waals surface area (Å²) in [5, 5.41) is 14.4. The van der Waals surface area contributed by atoms with Gasteiger partial charge in [-0.2, -0.15) is 0 Å². The monoisotopic (exact) mass is 259 g/mol. The van der Waals surface area contributed by atoms with Crippen LogP contribution in [0.3, 0.4) is 0 Å². The van der Waals surface area contributed by atoms with Crippen molar-refractivity contribution >= 4 is 29.0 Å². The highest BCUT2D eigenvalue weighted by Gasteiger charge is 2.26. The van der Waals surface area contributed by atoms with Crippen LogP contribution in [0.5, 0.6) is 0 Å². The minimum absolute atomic E-state index is 0.00515. The van der Waals surface area contributed by atoms with Crippen molar-refractivity contribution in [2.75, 3.05) is 6.54 Å². The van der Waals surface area contributed by atoms with Crippen LogP contribution in [-0.4, -0.2) is 40.6 Å². The fraction of sp³-hybridized carbons (Fsp3) is 0.700. The number of hydrogen-bond acceptors (Lipinski definition) is 4. The third-order valence-electron chi connectivity index (χ3n) is 2.68. The summed E-state index contributed by atoms with van der Waals surface area (Å²) in [5.41, 5.74) is 5.19. The van der Waals surface area contributed by atoms with Gasteiger partial charge in [-0.1, -0.05) is 25.1 Å². The summed E-state index contributed by atoms with van der Waals surface area (Å²) >= 11 is 4.57. The van der Waals surface area contributed by atoms with Crippen LogP contribution in [0.1, 0.15) is 25.7 Å². The first kappa shape index (κ1) is 13.9. The molecule has 2 atom stereocenters. The van der Waals surface area contributed by atoms with Gasteiger partial charge in [0.1, 0.15) is 0 Å². The van der Waals surface area contributed by atoms with E-state index in [2.05, 4.69) is 22.9 Å². The normalized spacial score (nSPS) is 23.8. The summed E-state index contributed by atoms with van der Waals surface area (Å²) in [6.45, 7) is -0.00515. The molecule has 2 amide bonds. The second-order valence-electron chi connectivity index (χ2n) is 4.08. The number of carbonyl (C=O) groups is 2. The molecule has 0 aromatic carbocycles. The fourth-order valence-corrected chi connectivity index (χ4v) is 1.83. The van der Waals surface area contributed by atoms with Crippen LogP contribution in [0.4, 0.5) is 0 Å². The second kappa shape index (κ2) is 6.51. The molecule has 0 aromatic heterocycles. The lowest BCUT2D eigenvalue weighted by atomic mass is 9.92. The van der Waals surface area contributed by atoms with E-state index in [9.17, 15) is 14.7 Å². The second-order valence-corrected chi connectivity index (χ2v) is 4.61. The Balaban J connectivity index is 2.37. The number of nitrogens with one attached hydrogen (secondary N) is 2. The maximum Gasteiger partial charge on any atom is 0.309 e. The first-order chi connectivity index (χ1) is 8.00. The lowest BCUT2D eigenvalue weighted by Crippen LogP contribution is -2.50. The summed E-state index contributed by atoms with van der Waals surface area (Å²) in [6, 6.07) is -0.341. The summed E-state index contributed by atoms with van der Waals surface area (Å²) in [4.78, 5) is 22.9. The van der Waals surface area contributed by atoms with E-state index in [0.29, 0.717) is 12.8 Å². The lowest BCUT2D eigenvalue weighted by molar-refractivity contribution is -0.140. The van der Waals surface area contributed by atoms with E-state index in [1.165, 1.54) is 0 Å². The standard InChI is InChI=1S/C10H17N3O3S/c11-8(17)5-12-9(15)10(16)13-6-3-1-2-4-7(6)14/h6-7,14H,1-5H2,(H2,11,17)(H,12,15)(H,13,16). The first-order valence-electron chi connectivity index (χ1n) is 5.55. The van der Waals surface area contributed by atoms with Crippen LogP contribution < -0.4 is 16.4 Å². The molecule has 0 saturated heterocycles. The number of thiocarbonyl (C=S) groups is 1. The molecule has 7 heteroatoms. The highest BCUT2D eigenvalue weighted by molar-refractivity contribution is 7.80. The Morgan fingerprint density at radius 2 is 1.94 bits per heavy atom. The molecule has 1 aliphatic carbocycles.